The van der Waals surface area contributed by atoms with E-state index < -0.39 is 10.2 Å². The monoisotopic (exact) mass is 309 g/mol. The van der Waals surface area contributed by atoms with E-state index >= 15 is 0 Å². The minimum Gasteiger partial charge on any atom is -0.497 e. The summed E-state index contributed by atoms with van der Waals surface area (Å²) >= 11 is 5.00. The summed E-state index contributed by atoms with van der Waals surface area (Å²) in [5.41, 5.74) is 6.92. The molecule has 1 unspecified atom stereocenters. The smallest absolute Gasteiger partial charge is 0.173 e. The molecule has 2 rings (SSSR count). The first kappa shape index (κ1) is 14.9. The molecule has 4 nitrogen and oxygen atoms in total. The average Bonchev–Trinajstić information content (AvgIpc) is 2.78. The van der Waals surface area contributed by atoms with Crippen LogP contribution in [0.5, 0.6) is 5.75 Å². The second-order valence-corrected chi connectivity index (χ2v) is 8.00. The van der Waals surface area contributed by atoms with E-state index in [1.165, 1.54) is 5.56 Å². The molecule has 0 saturated carbocycles. The average molecular weight is 309 g/mol. The van der Waals surface area contributed by atoms with Crippen molar-refractivity contribution in [2.24, 2.45) is 10.7 Å². The molecule has 0 fully saturated rings. The van der Waals surface area contributed by atoms with Crippen LogP contribution >= 0.6 is 22.4 Å². The molecule has 0 aliphatic carbocycles. The van der Waals surface area contributed by atoms with Crippen molar-refractivity contribution in [2.75, 3.05) is 12.9 Å². The van der Waals surface area contributed by atoms with E-state index in [0.717, 1.165) is 23.0 Å². The van der Waals surface area contributed by atoms with E-state index in [1.807, 2.05) is 25.3 Å². The van der Waals surface area contributed by atoms with Crippen LogP contribution in [-0.4, -0.2) is 23.0 Å². The van der Waals surface area contributed by atoms with E-state index in [2.05, 4.69) is 27.3 Å². The number of benzene rings is 1. The molecule has 6 heteroatoms. The third kappa shape index (κ3) is 3.32. The Morgan fingerprint density at radius 2 is 2.10 bits per heavy atom. The van der Waals surface area contributed by atoms with Gasteiger partial charge >= 0.3 is 0 Å². The maximum absolute atomic E-state index is 5.66. The Morgan fingerprint density at radius 3 is 2.60 bits per heavy atom. The van der Waals surface area contributed by atoms with Crippen LogP contribution in [0.2, 0.25) is 0 Å². The molecule has 0 radical (unpaired) electrons. The number of aryl methyl sites for hydroxylation is 1. The highest BCUT2D eigenvalue weighted by Crippen LogP contribution is 2.50. The highest BCUT2D eigenvalue weighted by molar-refractivity contribution is 8.46. The van der Waals surface area contributed by atoms with Crippen LogP contribution < -0.4 is 15.2 Å². The first-order chi connectivity index (χ1) is 9.55. The number of rotatable bonds is 5. The Labute approximate surface area is 126 Å². The number of ether oxygens (including phenoxy) is 1. The summed E-state index contributed by atoms with van der Waals surface area (Å²) in [5.74, 6) is 1.80. The van der Waals surface area contributed by atoms with Gasteiger partial charge in [0.05, 0.1) is 12.2 Å². The van der Waals surface area contributed by atoms with Gasteiger partial charge in [0.1, 0.15) is 5.75 Å². The molecule has 1 aromatic rings. The van der Waals surface area contributed by atoms with Gasteiger partial charge in [-0.3, -0.25) is 4.99 Å². The quantitative estimate of drug-likeness (QED) is 0.821. The predicted octanol–water partition coefficient (Wildman–Crippen LogP) is 2.69. The van der Waals surface area contributed by atoms with Crippen LogP contribution in [0.4, 0.5) is 0 Å². The van der Waals surface area contributed by atoms with Crippen LogP contribution in [-0.2, 0) is 6.42 Å². The molecule has 20 heavy (non-hydrogen) atoms. The van der Waals surface area contributed by atoms with Gasteiger partial charge in [-0.25, -0.2) is 0 Å². The highest BCUT2D eigenvalue weighted by Gasteiger charge is 2.27. The number of nitrogens with zero attached hydrogens (tertiary/aromatic N) is 1. The van der Waals surface area contributed by atoms with Crippen LogP contribution in [0.25, 0.3) is 0 Å². The Balaban J connectivity index is 2.07. The molecule has 1 aliphatic rings. The zero-order valence-electron chi connectivity index (χ0n) is 11.6. The number of hydrogen-bond acceptors (Lipinski definition) is 3. The fourth-order valence-electron chi connectivity index (χ4n) is 2.06. The topological polar surface area (TPSA) is 59.6 Å². The highest BCUT2D eigenvalue weighted by atomic mass is 32.3. The number of methoxy groups -OCH3 is 1. The predicted molar refractivity (Wildman–Crippen MR) is 91.3 cm³/mol. The molecule has 1 atom stereocenters. The van der Waals surface area contributed by atoms with Crippen molar-refractivity contribution in [3.05, 3.63) is 41.4 Å². The summed E-state index contributed by atoms with van der Waals surface area (Å²) in [6, 6.07) is 8.11. The molecule has 108 valence electrons. The Bertz CT molecular complexity index is 554. The van der Waals surface area contributed by atoms with E-state index in [1.54, 1.807) is 7.11 Å². The van der Waals surface area contributed by atoms with Crippen molar-refractivity contribution in [3.8, 4) is 5.75 Å². The molecule has 1 heterocycles. The first-order valence-electron chi connectivity index (χ1n) is 6.28. The van der Waals surface area contributed by atoms with Crippen LogP contribution in [0.3, 0.4) is 0 Å². The number of nitrogens with one attached hydrogen (secondary N) is 1. The molecular weight excluding hydrogens is 290 g/mol. The second-order valence-electron chi connectivity index (χ2n) is 4.49. The minimum absolute atomic E-state index is 0.329. The Hall–Kier alpha value is -1.53. The molecular formula is C14H19N3OS2. The Morgan fingerprint density at radius 1 is 1.40 bits per heavy atom. The lowest BCUT2D eigenvalue weighted by molar-refractivity contribution is 0.414. The zero-order valence-corrected chi connectivity index (χ0v) is 13.3. The molecule has 3 N–H and O–H groups in total. The summed E-state index contributed by atoms with van der Waals surface area (Å²) in [5, 5.41) is 3.50. The maximum atomic E-state index is 5.66. The molecule has 0 amide bonds. The van der Waals surface area contributed by atoms with Gasteiger partial charge in [0.2, 0.25) is 0 Å². The van der Waals surface area contributed by atoms with Gasteiger partial charge in [-0.2, -0.15) is 0 Å². The lowest BCUT2D eigenvalue weighted by atomic mass is 10.2. The summed E-state index contributed by atoms with van der Waals surface area (Å²) in [6.07, 6.45) is 2.77. The molecule has 0 spiro atoms. The third-order valence-electron chi connectivity index (χ3n) is 3.23. The van der Waals surface area contributed by atoms with E-state index in [0.29, 0.717) is 5.11 Å². The van der Waals surface area contributed by atoms with Gasteiger partial charge in [-0.05, 0) is 48.7 Å². The molecule has 0 bridgehead atoms. The standard InChI is InChI=1S/C14H19N3OS2/c1-11-16-8-10-20(11,17-14(15)19)9-7-12-3-5-13(18-2)6-4-12/h3-6,8,10H,7,9H2,1-2H3,(H3,15,17,19). The van der Waals surface area contributed by atoms with Gasteiger partial charge in [0, 0.05) is 12.0 Å². The number of aliphatic imine (C=N–C) groups is 1. The molecule has 0 aromatic heterocycles. The van der Waals surface area contributed by atoms with Gasteiger partial charge < -0.3 is 15.2 Å². The van der Waals surface area contributed by atoms with E-state index in [4.69, 9.17) is 22.7 Å². The van der Waals surface area contributed by atoms with Crippen molar-refractivity contribution in [1.29, 1.82) is 0 Å². The fraction of sp³-hybridized carbons (Fsp3) is 0.286. The van der Waals surface area contributed by atoms with E-state index in [9.17, 15) is 0 Å². The van der Waals surface area contributed by atoms with Crippen molar-refractivity contribution < 1.29 is 4.74 Å². The molecule has 1 aliphatic heterocycles. The van der Waals surface area contributed by atoms with Gasteiger partial charge in [0.15, 0.2) is 5.11 Å². The van der Waals surface area contributed by atoms with Gasteiger partial charge in [-0.15, -0.1) is 10.2 Å². The van der Waals surface area contributed by atoms with Crippen molar-refractivity contribution >= 4 is 32.6 Å². The van der Waals surface area contributed by atoms with Crippen LogP contribution in [0.1, 0.15) is 12.5 Å². The first-order valence-corrected chi connectivity index (χ1v) is 8.55. The van der Waals surface area contributed by atoms with Crippen LogP contribution in [0.15, 0.2) is 40.9 Å². The lowest BCUT2D eigenvalue weighted by Crippen LogP contribution is -2.35. The summed E-state index contributed by atoms with van der Waals surface area (Å²) < 4.78 is 8.41. The number of hydrogen-bond donors (Lipinski definition) is 2. The zero-order chi connectivity index (χ0) is 14.6. The molecule has 0 saturated heterocycles. The van der Waals surface area contributed by atoms with Crippen LogP contribution in [0, 0.1) is 0 Å². The fourth-order valence-corrected chi connectivity index (χ4v) is 4.88. The molecule has 1 aromatic carbocycles. The Kier molecular flexibility index (Phi) is 4.67. The minimum atomic E-state index is -1.33. The number of thiocarbonyl (C=S) groups is 1. The summed E-state index contributed by atoms with van der Waals surface area (Å²) in [4.78, 5) is 4.36. The largest absolute Gasteiger partial charge is 0.497 e. The normalized spacial score (nSPS) is 23.8. The van der Waals surface area contributed by atoms with Crippen molar-refractivity contribution in [1.82, 2.24) is 4.72 Å². The lowest BCUT2D eigenvalue weighted by Gasteiger charge is -2.35. The SMILES string of the molecule is COc1ccc(CCS2(NC(N)=S)C=CN=C2C)cc1. The van der Waals surface area contributed by atoms with Gasteiger partial charge in [-0.1, -0.05) is 12.1 Å². The van der Waals surface area contributed by atoms with Crippen molar-refractivity contribution in [2.45, 2.75) is 13.3 Å². The summed E-state index contributed by atoms with van der Waals surface area (Å²) in [7, 11) is 0.339. The third-order valence-corrected chi connectivity index (χ3v) is 6.64. The maximum Gasteiger partial charge on any atom is 0.173 e. The van der Waals surface area contributed by atoms with E-state index in [-0.39, 0.29) is 0 Å². The van der Waals surface area contributed by atoms with Gasteiger partial charge in [0.25, 0.3) is 0 Å². The summed E-state index contributed by atoms with van der Waals surface area (Å²) in [6.45, 7) is 2.02. The number of nitrogens with two attached hydrogens (primary N) is 1. The van der Waals surface area contributed by atoms with Crippen molar-refractivity contribution in [3.63, 3.8) is 0 Å². The second kappa shape index (κ2) is 6.28.